The number of para-hydroxylation sites is 1. The number of amides is 1. The molecule has 0 radical (unpaired) electrons. The lowest BCUT2D eigenvalue weighted by Crippen LogP contribution is -2.40. The van der Waals surface area contributed by atoms with Crippen LogP contribution in [0.2, 0.25) is 0 Å². The smallest absolute Gasteiger partial charge is 0.335 e. The molecule has 0 saturated carbocycles. The summed E-state index contributed by atoms with van der Waals surface area (Å²) in [5.74, 6) is 0.158. The molecule has 6 rings (SSSR count). The van der Waals surface area contributed by atoms with E-state index in [0.29, 0.717) is 60.2 Å². The largest absolute Gasteiger partial charge is 0.497 e. The summed E-state index contributed by atoms with van der Waals surface area (Å²) in [4.78, 5) is 44.6. The van der Waals surface area contributed by atoms with Crippen molar-refractivity contribution in [2.24, 2.45) is 4.99 Å². The number of methoxy groups -OCH3 is 2. The molecule has 0 fully saturated rings. The van der Waals surface area contributed by atoms with E-state index in [-0.39, 0.29) is 23.6 Å². The van der Waals surface area contributed by atoms with E-state index in [1.165, 1.54) is 24.5 Å². The van der Waals surface area contributed by atoms with Crippen molar-refractivity contribution in [3.8, 4) is 17.2 Å². The van der Waals surface area contributed by atoms with Crippen LogP contribution >= 0.6 is 33.9 Å². The summed E-state index contributed by atoms with van der Waals surface area (Å²) in [6.07, 6.45) is 1.76. The van der Waals surface area contributed by atoms with Crippen molar-refractivity contribution >= 4 is 57.6 Å². The molecule has 1 aliphatic heterocycles. The lowest BCUT2D eigenvalue weighted by atomic mass is 9.95. The Morgan fingerprint density at radius 3 is 2.51 bits per heavy atom. The van der Waals surface area contributed by atoms with Crippen molar-refractivity contribution in [3.05, 3.63) is 148 Å². The lowest BCUT2D eigenvalue weighted by Gasteiger charge is -2.25. The molecule has 1 aliphatic rings. The molecule has 248 valence electrons. The third-order valence-corrected chi connectivity index (χ3v) is 9.60. The van der Waals surface area contributed by atoms with E-state index in [4.69, 9.17) is 19.2 Å². The Morgan fingerprint density at radius 2 is 1.78 bits per heavy atom. The summed E-state index contributed by atoms with van der Waals surface area (Å²) in [5, 5.41) is 12.3. The second-order valence-electron chi connectivity index (χ2n) is 11.0. The van der Waals surface area contributed by atoms with Gasteiger partial charge in [0.15, 0.2) is 16.3 Å². The zero-order valence-corrected chi connectivity index (χ0v) is 29.6. The van der Waals surface area contributed by atoms with Gasteiger partial charge < -0.3 is 24.6 Å². The molecule has 10 nitrogen and oxygen atoms in total. The maximum Gasteiger partial charge on any atom is 0.335 e. The van der Waals surface area contributed by atoms with Crippen molar-refractivity contribution in [2.45, 2.75) is 19.6 Å². The van der Waals surface area contributed by atoms with Crippen LogP contribution < -0.4 is 34.4 Å². The molecular formula is C37H30IN3O7S. The number of halogens is 1. The normalized spacial score (nSPS) is 14.1. The number of carbonyl (C=O) groups excluding carboxylic acids is 1. The van der Waals surface area contributed by atoms with E-state index in [2.05, 4.69) is 27.9 Å². The summed E-state index contributed by atoms with van der Waals surface area (Å²) in [7, 11) is 3.09. The van der Waals surface area contributed by atoms with Crippen LogP contribution in [-0.4, -0.2) is 35.8 Å². The molecule has 2 N–H and O–H groups in total. The van der Waals surface area contributed by atoms with E-state index in [1.807, 2.05) is 48.5 Å². The number of anilines is 1. The number of hydrogen-bond acceptors (Lipinski definition) is 8. The van der Waals surface area contributed by atoms with Gasteiger partial charge in [0.2, 0.25) is 0 Å². The van der Waals surface area contributed by atoms with Gasteiger partial charge in [-0.3, -0.25) is 14.2 Å². The average Bonchev–Trinajstić information content (AvgIpc) is 3.40. The molecule has 0 aliphatic carbocycles. The minimum absolute atomic E-state index is 0.134. The summed E-state index contributed by atoms with van der Waals surface area (Å²) < 4.78 is 19.9. The first-order valence-electron chi connectivity index (χ1n) is 15.0. The number of aromatic nitrogens is 1. The Bertz CT molecular complexity index is 2300. The fraction of sp³-hybridized carbons (Fsp3) is 0.135. The number of aromatic carboxylic acids is 1. The van der Waals surface area contributed by atoms with Crippen LogP contribution in [0.5, 0.6) is 17.2 Å². The molecule has 2 heterocycles. The summed E-state index contributed by atoms with van der Waals surface area (Å²) >= 11 is 3.37. The maximum atomic E-state index is 14.2. The second kappa shape index (κ2) is 14.5. The average molecular weight is 788 g/mol. The summed E-state index contributed by atoms with van der Waals surface area (Å²) in [6, 6.07) is 25.9. The fourth-order valence-electron chi connectivity index (χ4n) is 5.52. The molecule has 0 saturated heterocycles. The Labute approximate surface area is 298 Å². The summed E-state index contributed by atoms with van der Waals surface area (Å²) in [6.45, 7) is 1.91. The van der Waals surface area contributed by atoms with Crippen molar-refractivity contribution in [3.63, 3.8) is 0 Å². The number of carboxylic acid groups (broad SMARTS) is 1. The zero-order valence-electron chi connectivity index (χ0n) is 26.6. The second-order valence-corrected chi connectivity index (χ2v) is 13.2. The van der Waals surface area contributed by atoms with Crippen LogP contribution in [0.25, 0.3) is 6.08 Å². The fourth-order valence-corrected chi connectivity index (χ4v) is 7.35. The number of carboxylic acids is 1. The SMILES string of the molecule is COc1cccc([C@@H]2C(C(=O)Nc3ccccc3)=C(C)N=c3s/c(=C\c4cc(I)c(OCc5cccc(C(=O)O)c5)c(OC)c4)c(=O)n32)c1. The monoisotopic (exact) mass is 787 g/mol. The number of hydrogen-bond donors (Lipinski definition) is 2. The first-order chi connectivity index (χ1) is 23.7. The van der Waals surface area contributed by atoms with Gasteiger partial charge in [-0.1, -0.05) is 53.8 Å². The van der Waals surface area contributed by atoms with E-state index >= 15 is 0 Å². The number of benzene rings is 4. The first-order valence-corrected chi connectivity index (χ1v) is 16.9. The molecule has 5 aromatic rings. The van der Waals surface area contributed by atoms with Crippen LogP contribution in [0.4, 0.5) is 5.69 Å². The Hall–Kier alpha value is -5.21. The molecule has 0 unspecified atom stereocenters. The Morgan fingerprint density at radius 1 is 1.00 bits per heavy atom. The lowest BCUT2D eigenvalue weighted by molar-refractivity contribution is -0.113. The molecule has 1 aromatic heterocycles. The number of nitrogens with zero attached hydrogens (tertiary/aromatic N) is 2. The molecule has 0 bridgehead atoms. The number of rotatable bonds is 10. The van der Waals surface area contributed by atoms with Gasteiger partial charge in [-0.15, -0.1) is 0 Å². The van der Waals surface area contributed by atoms with Crippen LogP contribution in [0.1, 0.15) is 40.0 Å². The third-order valence-electron chi connectivity index (χ3n) is 7.81. The van der Waals surface area contributed by atoms with Gasteiger partial charge in [0.25, 0.3) is 11.5 Å². The van der Waals surface area contributed by atoms with Crippen molar-refractivity contribution in [1.29, 1.82) is 0 Å². The van der Waals surface area contributed by atoms with E-state index in [0.717, 1.165) is 3.57 Å². The van der Waals surface area contributed by atoms with Gasteiger partial charge in [-0.25, -0.2) is 9.79 Å². The third kappa shape index (κ3) is 7.15. The minimum atomic E-state index is -1.01. The molecular weight excluding hydrogens is 757 g/mol. The predicted molar refractivity (Wildman–Crippen MR) is 195 cm³/mol. The van der Waals surface area contributed by atoms with Crippen LogP contribution in [0, 0.1) is 3.57 Å². The predicted octanol–water partition coefficient (Wildman–Crippen LogP) is 5.77. The summed E-state index contributed by atoms with van der Waals surface area (Å²) in [5.41, 5.74) is 3.44. The molecule has 1 amide bonds. The van der Waals surface area contributed by atoms with Crippen LogP contribution in [-0.2, 0) is 11.4 Å². The Balaban J connectivity index is 1.39. The van der Waals surface area contributed by atoms with Gasteiger partial charge in [-0.2, -0.15) is 0 Å². The number of carbonyl (C=O) groups is 2. The quantitative estimate of drug-likeness (QED) is 0.172. The van der Waals surface area contributed by atoms with Gasteiger partial charge in [0.1, 0.15) is 12.4 Å². The minimum Gasteiger partial charge on any atom is -0.497 e. The standard InChI is InChI=1S/C37H30IN3O7S/c1-21-31(34(42)40-26-12-5-4-6-13-26)32(24-10-8-14-27(19-24)46-2)41-35(43)30(49-37(41)39-21)18-23-16-28(38)33(29(17-23)47-3)48-20-22-9-7-11-25(15-22)36(44)45/h4-19,32H,20H2,1-3H3,(H,40,42)(H,44,45)/b30-18-/t32-/m1/s1. The molecule has 49 heavy (non-hydrogen) atoms. The molecule has 0 spiro atoms. The highest BCUT2D eigenvalue weighted by Gasteiger charge is 2.33. The van der Waals surface area contributed by atoms with Crippen LogP contribution in [0.15, 0.2) is 112 Å². The van der Waals surface area contributed by atoms with Crippen molar-refractivity contribution < 1.29 is 28.9 Å². The van der Waals surface area contributed by atoms with Crippen molar-refractivity contribution in [2.75, 3.05) is 19.5 Å². The van der Waals surface area contributed by atoms with Gasteiger partial charge in [0, 0.05) is 5.69 Å². The zero-order chi connectivity index (χ0) is 34.7. The van der Waals surface area contributed by atoms with Crippen LogP contribution in [0.3, 0.4) is 0 Å². The number of thiazole rings is 1. The van der Waals surface area contributed by atoms with Crippen molar-refractivity contribution in [1.82, 2.24) is 4.57 Å². The van der Waals surface area contributed by atoms with E-state index in [1.54, 1.807) is 61.1 Å². The van der Waals surface area contributed by atoms with E-state index < -0.39 is 12.0 Å². The number of ether oxygens (including phenoxy) is 3. The number of nitrogens with one attached hydrogen (secondary N) is 1. The molecule has 1 atom stereocenters. The highest BCUT2D eigenvalue weighted by atomic mass is 127. The number of allylic oxidation sites excluding steroid dienone is 1. The molecule has 4 aromatic carbocycles. The highest BCUT2D eigenvalue weighted by Crippen LogP contribution is 2.35. The highest BCUT2D eigenvalue weighted by molar-refractivity contribution is 14.1. The van der Waals surface area contributed by atoms with Gasteiger partial charge >= 0.3 is 5.97 Å². The Kier molecular flexibility index (Phi) is 9.97. The van der Waals surface area contributed by atoms with E-state index in [9.17, 15) is 19.5 Å². The topological polar surface area (TPSA) is 128 Å². The maximum absolute atomic E-state index is 14.2. The molecule has 12 heteroatoms. The first kappa shape index (κ1) is 33.7. The van der Waals surface area contributed by atoms with Gasteiger partial charge in [-0.05, 0) is 101 Å². The number of fused-ring (bicyclic) bond motifs is 1. The van der Waals surface area contributed by atoms with Gasteiger partial charge in [0.05, 0.1) is 45.2 Å².